The lowest BCUT2D eigenvalue weighted by atomic mass is 10.1. The van der Waals surface area contributed by atoms with Gasteiger partial charge in [-0.1, -0.05) is 6.92 Å². The van der Waals surface area contributed by atoms with Crippen molar-refractivity contribution in [3.63, 3.8) is 0 Å². The van der Waals surface area contributed by atoms with Crippen LogP contribution in [0.15, 0.2) is 12.1 Å². The fraction of sp³-hybridized carbons (Fsp3) is 0.462. The van der Waals surface area contributed by atoms with E-state index in [1.807, 2.05) is 6.92 Å². The van der Waals surface area contributed by atoms with Crippen LogP contribution in [0.3, 0.4) is 0 Å². The van der Waals surface area contributed by atoms with Crippen LogP contribution in [-0.2, 0) is 6.42 Å². The van der Waals surface area contributed by atoms with Crippen molar-refractivity contribution >= 4 is 11.7 Å². The third kappa shape index (κ3) is 3.45. The Morgan fingerprint density at radius 2 is 2.28 bits per heavy atom. The fourth-order valence-corrected chi connectivity index (χ4v) is 1.67. The van der Waals surface area contributed by atoms with E-state index in [2.05, 4.69) is 11.1 Å². The quantitative estimate of drug-likeness (QED) is 0.871. The molecule has 1 aromatic rings. The fourth-order valence-electron chi connectivity index (χ4n) is 1.67. The zero-order chi connectivity index (χ0) is 13.7. The van der Waals surface area contributed by atoms with E-state index in [0.717, 1.165) is 12.1 Å². The minimum atomic E-state index is -0.191. The highest BCUT2D eigenvalue weighted by molar-refractivity contribution is 5.94. The molecule has 0 fully saturated rings. The number of nitrogens with zero attached hydrogens (tertiary/aromatic N) is 3. The third-order valence-electron chi connectivity index (χ3n) is 2.62. The normalized spacial score (nSPS) is 11.7. The van der Waals surface area contributed by atoms with E-state index in [-0.39, 0.29) is 11.8 Å². The van der Waals surface area contributed by atoms with Gasteiger partial charge in [0.15, 0.2) is 0 Å². The van der Waals surface area contributed by atoms with E-state index in [1.165, 1.54) is 4.90 Å². The number of hydrogen-bond donors (Lipinski definition) is 1. The molecule has 0 spiro atoms. The molecule has 18 heavy (non-hydrogen) atoms. The summed E-state index contributed by atoms with van der Waals surface area (Å²) in [6.45, 7) is 4.14. The molecule has 96 valence electrons. The number of aryl methyl sites for hydroxylation is 1. The van der Waals surface area contributed by atoms with E-state index in [0.29, 0.717) is 17.9 Å². The van der Waals surface area contributed by atoms with Crippen LogP contribution in [0.25, 0.3) is 0 Å². The second kappa shape index (κ2) is 6.01. The molecule has 0 saturated carbocycles. The van der Waals surface area contributed by atoms with Crippen molar-refractivity contribution in [2.45, 2.75) is 20.3 Å². The Morgan fingerprint density at radius 3 is 2.83 bits per heavy atom. The molecule has 1 atom stereocenters. The predicted octanol–water partition coefficient (Wildman–Crippen LogP) is 1.46. The largest absolute Gasteiger partial charge is 0.384 e. The molecule has 1 amide bonds. The molecule has 2 N–H and O–H groups in total. The highest BCUT2D eigenvalue weighted by atomic mass is 16.2. The molecule has 1 unspecified atom stereocenters. The van der Waals surface area contributed by atoms with Gasteiger partial charge < -0.3 is 10.6 Å². The zero-order valence-corrected chi connectivity index (χ0v) is 11.0. The minimum Gasteiger partial charge on any atom is -0.384 e. The average Bonchev–Trinajstić information content (AvgIpc) is 2.36. The summed E-state index contributed by atoms with van der Waals surface area (Å²) in [4.78, 5) is 17.8. The standard InChI is InChI=1S/C13H18N4O/c1-4-11-5-10(6-12(15)16-11)13(18)17(3)8-9(2)7-14/h5-6,9H,4,8H2,1-3H3,(H2,15,16). The highest BCUT2D eigenvalue weighted by Gasteiger charge is 2.15. The van der Waals surface area contributed by atoms with Gasteiger partial charge in [0.2, 0.25) is 0 Å². The Balaban J connectivity index is 2.90. The van der Waals surface area contributed by atoms with Crippen molar-refractivity contribution in [2.24, 2.45) is 5.92 Å². The minimum absolute atomic E-state index is 0.138. The van der Waals surface area contributed by atoms with E-state index >= 15 is 0 Å². The number of nitrogen functional groups attached to an aromatic ring is 1. The molecule has 5 nitrogen and oxygen atoms in total. The maximum absolute atomic E-state index is 12.1. The van der Waals surface area contributed by atoms with E-state index in [4.69, 9.17) is 11.0 Å². The smallest absolute Gasteiger partial charge is 0.253 e. The van der Waals surface area contributed by atoms with Crippen molar-refractivity contribution in [1.82, 2.24) is 9.88 Å². The molecule has 0 bridgehead atoms. The molecule has 0 aromatic carbocycles. The van der Waals surface area contributed by atoms with Crippen molar-refractivity contribution < 1.29 is 4.79 Å². The summed E-state index contributed by atoms with van der Waals surface area (Å²) < 4.78 is 0. The number of carbonyl (C=O) groups excluding carboxylic acids is 1. The molecular formula is C13H18N4O. The molecule has 5 heteroatoms. The third-order valence-corrected chi connectivity index (χ3v) is 2.62. The SMILES string of the molecule is CCc1cc(C(=O)N(C)CC(C)C#N)cc(N)n1. The summed E-state index contributed by atoms with van der Waals surface area (Å²) >= 11 is 0. The Bertz CT molecular complexity index is 478. The van der Waals surface area contributed by atoms with Gasteiger partial charge >= 0.3 is 0 Å². The van der Waals surface area contributed by atoms with E-state index in [1.54, 1.807) is 26.1 Å². The molecule has 1 rings (SSSR count). The van der Waals surface area contributed by atoms with Crippen molar-refractivity contribution in [1.29, 1.82) is 5.26 Å². The predicted molar refractivity (Wildman–Crippen MR) is 69.8 cm³/mol. The second-order valence-corrected chi connectivity index (χ2v) is 4.34. The van der Waals surface area contributed by atoms with E-state index in [9.17, 15) is 4.79 Å². The summed E-state index contributed by atoms with van der Waals surface area (Å²) in [6.07, 6.45) is 0.726. The van der Waals surface area contributed by atoms with Gasteiger partial charge in [-0.15, -0.1) is 0 Å². The Hall–Kier alpha value is -2.09. The Morgan fingerprint density at radius 1 is 1.61 bits per heavy atom. The maximum atomic E-state index is 12.1. The number of hydrogen-bond acceptors (Lipinski definition) is 4. The van der Waals surface area contributed by atoms with Crippen LogP contribution in [0.2, 0.25) is 0 Å². The van der Waals surface area contributed by atoms with Gasteiger partial charge in [0.1, 0.15) is 5.82 Å². The molecule has 0 aliphatic heterocycles. The lowest BCUT2D eigenvalue weighted by Gasteiger charge is -2.18. The molecular weight excluding hydrogens is 228 g/mol. The van der Waals surface area contributed by atoms with Crippen molar-refractivity contribution in [3.8, 4) is 6.07 Å². The van der Waals surface area contributed by atoms with Gasteiger partial charge in [0.25, 0.3) is 5.91 Å². The highest BCUT2D eigenvalue weighted by Crippen LogP contribution is 2.11. The van der Waals surface area contributed by atoms with E-state index < -0.39 is 0 Å². The summed E-state index contributed by atoms with van der Waals surface area (Å²) in [7, 11) is 1.68. The summed E-state index contributed by atoms with van der Waals surface area (Å²) in [6, 6.07) is 5.41. The monoisotopic (exact) mass is 246 g/mol. The van der Waals surface area contributed by atoms with Crippen LogP contribution in [0.5, 0.6) is 0 Å². The Kier molecular flexibility index (Phi) is 4.67. The van der Waals surface area contributed by atoms with Crippen LogP contribution < -0.4 is 5.73 Å². The van der Waals surface area contributed by atoms with Gasteiger partial charge in [-0.3, -0.25) is 4.79 Å². The van der Waals surface area contributed by atoms with Crippen LogP contribution in [-0.4, -0.2) is 29.4 Å². The van der Waals surface area contributed by atoms with Crippen LogP contribution in [0.4, 0.5) is 5.82 Å². The first kappa shape index (κ1) is 14.0. The van der Waals surface area contributed by atoms with Crippen molar-refractivity contribution in [3.05, 3.63) is 23.4 Å². The number of pyridine rings is 1. The molecule has 0 radical (unpaired) electrons. The molecule has 1 aromatic heterocycles. The van der Waals surface area contributed by atoms with Gasteiger partial charge in [0, 0.05) is 24.8 Å². The van der Waals surface area contributed by atoms with Crippen LogP contribution >= 0.6 is 0 Å². The van der Waals surface area contributed by atoms with Gasteiger partial charge in [0.05, 0.1) is 12.0 Å². The van der Waals surface area contributed by atoms with Gasteiger partial charge in [-0.2, -0.15) is 5.26 Å². The number of anilines is 1. The molecule has 0 saturated heterocycles. The number of amides is 1. The van der Waals surface area contributed by atoms with Crippen LogP contribution in [0.1, 0.15) is 29.9 Å². The van der Waals surface area contributed by atoms with Gasteiger partial charge in [-0.25, -0.2) is 4.98 Å². The first-order chi connectivity index (χ1) is 8.47. The molecule has 1 heterocycles. The number of carbonyl (C=O) groups is 1. The average molecular weight is 246 g/mol. The summed E-state index contributed by atoms with van der Waals surface area (Å²) in [5, 5.41) is 8.74. The molecule has 0 aliphatic rings. The lowest BCUT2D eigenvalue weighted by Crippen LogP contribution is -2.30. The number of aromatic nitrogens is 1. The second-order valence-electron chi connectivity index (χ2n) is 4.34. The summed E-state index contributed by atoms with van der Waals surface area (Å²) in [5.74, 6) is 0.0177. The zero-order valence-electron chi connectivity index (χ0n) is 11.0. The maximum Gasteiger partial charge on any atom is 0.253 e. The van der Waals surface area contributed by atoms with Crippen molar-refractivity contribution in [2.75, 3.05) is 19.3 Å². The Labute approximate surface area is 107 Å². The first-order valence-electron chi connectivity index (χ1n) is 5.89. The van der Waals surface area contributed by atoms with Crippen LogP contribution in [0, 0.1) is 17.2 Å². The molecule has 0 aliphatic carbocycles. The first-order valence-corrected chi connectivity index (χ1v) is 5.89. The topological polar surface area (TPSA) is 83.0 Å². The van der Waals surface area contributed by atoms with Gasteiger partial charge in [-0.05, 0) is 25.5 Å². The lowest BCUT2D eigenvalue weighted by molar-refractivity contribution is 0.0785. The number of rotatable bonds is 4. The summed E-state index contributed by atoms with van der Waals surface area (Å²) in [5.41, 5.74) is 6.98. The number of nitriles is 1. The number of nitrogens with two attached hydrogens (primary N) is 1.